The van der Waals surface area contributed by atoms with Crippen molar-refractivity contribution in [2.45, 2.75) is 45.4 Å². The highest BCUT2D eigenvalue weighted by Crippen LogP contribution is 2.03. The Balaban J connectivity index is 3.32. The average Bonchev–Trinajstić information content (AvgIpc) is 2.16. The number of unbranched alkanes of at least 4 members (excludes halogenated alkanes) is 4. The van der Waals surface area contributed by atoms with E-state index in [2.05, 4.69) is 13.0 Å². The highest BCUT2D eigenvalue weighted by molar-refractivity contribution is 5.76. The summed E-state index contributed by atoms with van der Waals surface area (Å²) in [5, 5.41) is 0. The molecule has 0 rings (SSSR count). The fourth-order valence-corrected chi connectivity index (χ4v) is 1.17. The quantitative estimate of drug-likeness (QED) is 0.454. The average molecular weight is 197 g/mol. The molecule has 0 aliphatic heterocycles. The van der Waals surface area contributed by atoms with Gasteiger partial charge in [0, 0.05) is 20.5 Å². The summed E-state index contributed by atoms with van der Waals surface area (Å²) in [4.78, 5) is 12.8. The third-order valence-electron chi connectivity index (χ3n) is 2.18. The lowest BCUT2D eigenvalue weighted by Crippen LogP contribution is -2.20. The normalized spacial score (nSPS) is 10.8. The molecule has 0 heterocycles. The molecule has 0 aromatic carbocycles. The molecule has 14 heavy (non-hydrogen) atoms. The topological polar surface area (TPSA) is 20.3 Å². The number of hydrogen-bond acceptors (Lipinski definition) is 1. The summed E-state index contributed by atoms with van der Waals surface area (Å²) in [5.41, 5.74) is 0. The van der Waals surface area contributed by atoms with Gasteiger partial charge in [-0.15, -0.1) is 0 Å². The molecule has 0 saturated heterocycles. The SMILES string of the molecule is CCCCCC/C=C/CC(=O)N(C)C. The van der Waals surface area contributed by atoms with Crippen LogP contribution < -0.4 is 0 Å². The molecule has 2 heteroatoms. The third kappa shape index (κ3) is 7.84. The van der Waals surface area contributed by atoms with Crippen LogP contribution in [0.25, 0.3) is 0 Å². The van der Waals surface area contributed by atoms with Gasteiger partial charge in [0.2, 0.25) is 5.91 Å². The Bertz CT molecular complexity index is 173. The summed E-state index contributed by atoms with van der Waals surface area (Å²) >= 11 is 0. The van der Waals surface area contributed by atoms with Gasteiger partial charge in [-0.05, 0) is 12.8 Å². The smallest absolute Gasteiger partial charge is 0.225 e. The van der Waals surface area contributed by atoms with Crippen molar-refractivity contribution in [2.75, 3.05) is 14.1 Å². The van der Waals surface area contributed by atoms with Crippen molar-refractivity contribution in [3.63, 3.8) is 0 Å². The summed E-state index contributed by atoms with van der Waals surface area (Å²) in [6, 6.07) is 0. The van der Waals surface area contributed by atoms with Gasteiger partial charge in [-0.1, -0.05) is 38.3 Å². The van der Waals surface area contributed by atoms with Gasteiger partial charge in [0.15, 0.2) is 0 Å². The Kier molecular flexibility index (Phi) is 8.30. The van der Waals surface area contributed by atoms with Gasteiger partial charge >= 0.3 is 0 Å². The van der Waals surface area contributed by atoms with Crippen molar-refractivity contribution < 1.29 is 4.79 Å². The molecule has 0 fully saturated rings. The molecule has 0 bridgehead atoms. The van der Waals surface area contributed by atoms with Crippen molar-refractivity contribution in [2.24, 2.45) is 0 Å². The van der Waals surface area contributed by atoms with Crippen LogP contribution in [-0.4, -0.2) is 24.9 Å². The molecule has 2 nitrogen and oxygen atoms in total. The molecule has 0 unspecified atom stereocenters. The van der Waals surface area contributed by atoms with E-state index in [-0.39, 0.29) is 5.91 Å². The lowest BCUT2D eigenvalue weighted by Gasteiger charge is -2.06. The molecular formula is C12H23NO. The zero-order valence-corrected chi connectivity index (χ0v) is 9.75. The molecule has 0 aliphatic carbocycles. The van der Waals surface area contributed by atoms with Crippen LogP contribution in [0.2, 0.25) is 0 Å². The van der Waals surface area contributed by atoms with Crippen molar-refractivity contribution in [3.05, 3.63) is 12.2 Å². The monoisotopic (exact) mass is 197 g/mol. The highest BCUT2D eigenvalue weighted by atomic mass is 16.2. The van der Waals surface area contributed by atoms with Gasteiger partial charge in [0.05, 0.1) is 0 Å². The van der Waals surface area contributed by atoms with E-state index in [4.69, 9.17) is 0 Å². The molecular weight excluding hydrogens is 174 g/mol. The number of carbonyl (C=O) groups excluding carboxylic acids is 1. The number of amides is 1. The predicted octanol–water partition coefficient (Wildman–Crippen LogP) is 2.99. The maximum absolute atomic E-state index is 11.2. The van der Waals surface area contributed by atoms with Crippen LogP contribution in [0.15, 0.2) is 12.2 Å². The second-order valence-corrected chi connectivity index (χ2v) is 3.81. The third-order valence-corrected chi connectivity index (χ3v) is 2.18. The van der Waals surface area contributed by atoms with E-state index in [1.54, 1.807) is 19.0 Å². The fraction of sp³-hybridized carbons (Fsp3) is 0.750. The molecule has 82 valence electrons. The first-order chi connectivity index (χ1) is 6.68. The lowest BCUT2D eigenvalue weighted by molar-refractivity contribution is -0.127. The van der Waals surface area contributed by atoms with Crippen LogP contribution in [0.3, 0.4) is 0 Å². The molecule has 0 aromatic rings. The van der Waals surface area contributed by atoms with Crippen molar-refractivity contribution in [1.82, 2.24) is 4.90 Å². The van der Waals surface area contributed by atoms with Gasteiger partial charge in [-0.2, -0.15) is 0 Å². The van der Waals surface area contributed by atoms with Gasteiger partial charge < -0.3 is 4.90 Å². The Morgan fingerprint density at radius 3 is 2.43 bits per heavy atom. The zero-order chi connectivity index (χ0) is 10.8. The maximum Gasteiger partial charge on any atom is 0.225 e. The number of allylic oxidation sites excluding steroid dienone is 1. The summed E-state index contributed by atoms with van der Waals surface area (Å²) in [6.07, 6.45) is 10.9. The molecule has 0 aliphatic rings. The molecule has 0 N–H and O–H groups in total. The Hall–Kier alpha value is -0.790. The summed E-state index contributed by atoms with van der Waals surface area (Å²) in [6.45, 7) is 2.21. The number of carbonyl (C=O) groups is 1. The zero-order valence-electron chi connectivity index (χ0n) is 9.75. The maximum atomic E-state index is 11.2. The highest BCUT2D eigenvalue weighted by Gasteiger charge is 1.98. The van der Waals surface area contributed by atoms with E-state index in [1.165, 1.54) is 25.7 Å². The lowest BCUT2D eigenvalue weighted by atomic mass is 10.1. The van der Waals surface area contributed by atoms with Crippen molar-refractivity contribution >= 4 is 5.91 Å². The molecule has 0 aromatic heterocycles. The summed E-state index contributed by atoms with van der Waals surface area (Å²) in [7, 11) is 3.58. The first kappa shape index (κ1) is 13.2. The minimum Gasteiger partial charge on any atom is -0.349 e. The standard InChI is InChI=1S/C12H23NO/c1-4-5-6-7-8-9-10-11-12(14)13(2)3/h9-10H,4-8,11H2,1-3H3/b10-9+. The molecule has 0 saturated carbocycles. The Labute approximate surface area is 88.0 Å². The molecule has 0 radical (unpaired) electrons. The predicted molar refractivity (Wildman–Crippen MR) is 61.2 cm³/mol. The minimum absolute atomic E-state index is 0.176. The van der Waals surface area contributed by atoms with Crippen LogP contribution in [0.4, 0.5) is 0 Å². The molecule has 0 spiro atoms. The van der Waals surface area contributed by atoms with Gasteiger partial charge in [0.1, 0.15) is 0 Å². The van der Waals surface area contributed by atoms with Crippen molar-refractivity contribution in [1.29, 1.82) is 0 Å². The van der Waals surface area contributed by atoms with E-state index in [0.717, 1.165) is 6.42 Å². The van der Waals surface area contributed by atoms with E-state index < -0.39 is 0 Å². The summed E-state index contributed by atoms with van der Waals surface area (Å²) < 4.78 is 0. The van der Waals surface area contributed by atoms with Crippen LogP contribution >= 0.6 is 0 Å². The molecule has 0 atom stereocenters. The fourth-order valence-electron chi connectivity index (χ4n) is 1.17. The molecule has 1 amide bonds. The van der Waals surface area contributed by atoms with Crippen LogP contribution in [0.1, 0.15) is 45.4 Å². The van der Waals surface area contributed by atoms with Crippen LogP contribution in [-0.2, 0) is 4.79 Å². The van der Waals surface area contributed by atoms with E-state index >= 15 is 0 Å². The van der Waals surface area contributed by atoms with E-state index in [9.17, 15) is 4.79 Å². The second-order valence-electron chi connectivity index (χ2n) is 3.81. The summed E-state index contributed by atoms with van der Waals surface area (Å²) in [5.74, 6) is 0.176. The minimum atomic E-state index is 0.176. The van der Waals surface area contributed by atoms with Crippen molar-refractivity contribution in [3.8, 4) is 0 Å². The Morgan fingerprint density at radius 1 is 1.14 bits per heavy atom. The van der Waals surface area contributed by atoms with Gasteiger partial charge in [-0.3, -0.25) is 4.79 Å². The van der Waals surface area contributed by atoms with Gasteiger partial charge in [0.25, 0.3) is 0 Å². The van der Waals surface area contributed by atoms with Gasteiger partial charge in [-0.25, -0.2) is 0 Å². The Morgan fingerprint density at radius 2 is 1.86 bits per heavy atom. The first-order valence-corrected chi connectivity index (χ1v) is 5.53. The number of nitrogens with zero attached hydrogens (tertiary/aromatic N) is 1. The number of rotatable bonds is 7. The largest absolute Gasteiger partial charge is 0.349 e. The second kappa shape index (κ2) is 8.79. The van der Waals surface area contributed by atoms with Crippen LogP contribution in [0, 0.1) is 0 Å². The van der Waals surface area contributed by atoms with E-state index in [1.807, 2.05) is 6.08 Å². The van der Waals surface area contributed by atoms with E-state index in [0.29, 0.717) is 6.42 Å². The first-order valence-electron chi connectivity index (χ1n) is 5.53. The van der Waals surface area contributed by atoms with Crippen LogP contribution in [0.5, 0.6) is 0 Å². The number of hydrogen-bond donors (Lipinski definition) is 0.